The Bertz CT molecular complexity index is 918. The molecule has 6 nitrogen and oxygen atoms in total. The average Bonchev–Trinajstić information content (AvgIpc) is 2.68. The molecule has 0 unspecified atom stereocenters. The summed E-state index contributed by atoms with van der Waals surface area (Å²) in [5.74, 6) is 0.258. The number of halogens is 1. The number of benzene rings is 2. The van der Waals surface area contributed by atoms with Crippen LogP contribution >= 0.6 is 11.6 Å². The number of nitrogens with zero attached hydrogens (tertiary/aromatic N) is 1. The minimum Gasteiger partial charge on any atom is -0.495 e. The minimum absolute atomic E-state index is 0.0520. The topological polar surface area (TPSA) is 75.7 Å². The summed E-state index contributed by atoms with van der Waals surface area (Å²) in [6, 6.07) is 13.5. The molecule has 8 heteroatoms. The SMILES string of the molecule is COc1ccc(Cl)cc1S(=O)(=O)N(CC(=O)NCCC(C)C)Cc1ccccc1. The Morgan fingerprint density at radius 2 is 1.86 bits per heavy atom. The average molecular weight is 439 g/mol. The summed E-state index contributed by atoms with van der Waals surface area (Å²) >= 11 is 6.03. The molecular formula is C21H27ClN2O4S. The maximum absolute atomic E-state index is 13.4. The fraction of sp³-hybridized carbons (Fsp3) is 0.381. The van der Waals surface area contributed by atoms with E-state index in [1.54, 1.807) is 6.07 Å². The Balaban J connectivity index is 2.33. The molecule has 0 spiro atoms. The van der Waals surface area contributed by atoms with Crippen molar-refractivity contribution in [2.24, 2.45) is 5.92 Å². The number of methoxy groups -OCH3 is 1. The van der Waals surface area contributed by atoms with Crippen LogP contribution in [0.15, 0.2) is 53.4 Å². The molecule has 1 amide bonds. The van der Waals surface area contributed by atoms with Gasteiger partial charge in [0, 0.05) is 18.1 Å². The number of amides is 1. The Labute approximate surface area is 177 Å². The molecule has 0 fully saturated rings. The van der Waals surface area contributed by atoms with Gasteiger partial charge in [-0.3, -0.25) is 4.79 Å². The zero-order valence-electron chi connectivity index (χ0n) is 16.9. The van der Waals surface area contributed by atoms with Crippen molar-refractivity contribution in [3.63, 3.8) is 0 Å². The van der Waals surface area contributed by atoms with Gasteiger partial charge in [0.25, 0.3) is 0 Å². The van der Waals surface area contributed by atoms with Crippen molar-refractivity contribution in [2.45, 2.75) is 31.7 Å². The quantitative estimate of drug-likeness (QED) is 0.613. The number of hydrogen-bond donors (Lipinski definition) is 1. The van der Waals surface area contributed by atoms with E-state index in [4.69, 9.17) is 16.3 Å². The summed E-state index contributed by atoms with van der Waals surface area (Å²) < 4.78 is 33.1. The van der Waals surface area contributed by atoms with E-state index in [0.717, 1.165) is 16.3 Å². The number of carbonyl (C=O) groups is 1. The van der Waals surface area contributed by atoms with Gasteiger partial charge in [0.15, 0.2) is 0 Å². The summed E-state index contributed by atoms with van der Waals surface area (Å²) in [7, 11) is -2.65. The zero-order chi connectivity index (χ0) is 21.4. The van der Waals surface area contributed by atoms with E-state index in [2.05, 4.69) is 19.2 Å². The van der Waals surface area contributed by atoms with Crippen LogP contribution in [0.25, 0.3) is 0 Å². The van der Waals surface area contributed by atoms with E-state index in [-0.39, 0.29) is 34.7 Å². The summed E-state index contributed by atoms with van der Waals surface area (Å²) in [5, 5.41) is 3.06. The van der Waals surface area contributed by atoms with Crippen molar-refractivity contribution in [3.8, 4) is 5.75 Å². The van der Waals surface area contributed by atoms with Gasteiger partial charge in [-0.25, -0.2) is 8.42 Å². The molecule has 0 aliphatic carbocycles. The van der Waals surface area contributed by atoms with Crippen LogP contribution in [0.3, 0.4) is 0 Å². The Hall–Kier alpha value is -2.09. The molecular weight excluding hydrogens is 412 g/mol. The molecule has 2 aromatic carbocycles. The second kappa shape index (κ2) is 10.6. The van der Waals surface area contributed by atoms with E-state index in [1.165, 1.54) is 19.2 Å². The van der Waals surface area contributed by atoms with Gasteiger partial charge in [0.2, 0.25) is 15.9 Å². The Morgan fingerprint density at radius 1 is 1.17 bits per heavy atom. The molecule has 2 aromatic rings. The third-order valence-electron chi connectivity index (χ3n) is 4.31. The van der Waals surface area contributed by atoms with Crippen molar-refractivity contribution in [1.29, 1.82) is 0 Å². The van der Waals surface area contributed by atoms with Crippen LogP contribution < -0.4 is 10.1 Å². The molecule has 158 valence electrons. The van der Waals surface area contributed by atoms with Crippen LogP contribution in [-0.4, -0.2) is 38.8 Å². The molecule has 2 rings (SSSR count). The highest BCUT2D eigenvalue weighted by molar-refractivity contribution is 7.89. The number of ether oxygens (including phenoxy) is 1. The van der Waals surface area contributed by atoms with Crippen molar-refractivity contribution in [2.75, 3.05) is 20.2 Å². The lowest BCUT2D eigenvalue weighted by molar-refractivity contribution is -0.121. The Morgan fingerprint density at radius 3 is 2.48 bits per heavy atom. The first-order valence-electron chi connectivity index (χ1n) is 9.38. The molecule has 0 heterocycles. The van der Waals surface area contributed by atoms with E-state index in [9.17, 15) is 13.2 Å². The first-order valence-corrected chi connectivity index (χ1v) is 11.2. The summed E-state index contributed by atoms with van der Waals surface area (Å²) in [6.45, 7) is 4.37. The van der Waals surface area contributed by atoms with Gasteiger partial charge in [0.1, 0.15) is 10.6 Å². The number of hydrogen-bond acceptors (Lipinski definition) is 4. The van der Waals surface area contributed by atoms with Crippen LogP contribution in [0.4, 0.5) is 0 Å². The number of nitrogens with one attached hydrogen (secondary N) is 1. The van der Waals surface area contributed by atoms with Gasteiger partial charge in [0.05, 0.1) is 13.7 Å². The minimum atomic E-state index is -4.04. The summed E-state index contributed by atoms with van der Waals surface area (Å²) in [6.07, 6.45) is 0.819. The smallest absolute Gasteiger partial charge is 0.247 e. The molecule has 0 aliphatic heterocycles. The normalized spacial score (nSPS) is 11.7. The van der Waals surface area contributed by atoms with Gasteiger partial charge in [-0.05, 0) is 36.1 Å². The lowest BCUT2D eigenvalue weighted by atomic mass is 10.1. The Kier molecular flexibility index (Phi) is 8.49. The van der Waals surface area contributed by atoms with E-state index in [1.807, 2.05) is 30.3 Å². The van der Waals surface area contributed by atoms with E-state index in [0.29, 0.717) is 12.5 Å². The molecule has 0 saturated carbocycles. The van der Waals surface area contributed by atoms with E-state index >= 15 is 0 Å². The maximum Gasteiger partial charge on any atom is 0.247 e. The zero-order valence-corrected chi connectivity index (χ0v) is 18.5. The predicted octanol–water partition coefficient (Wildman–Crippen LogP) is 3.70. The van der Waals surface area contributed by atoms with Crippen LogP contribution in [0, 0.1) is 5.92 Å². The van der Waals surface area contributed by atoms with Crippen LogP contribution in [0.2, 0.25) is 5.02 Å². The largest absolute Gasteiger partial charge is 0.495 e. The van der Waals surface area contributed by atoms with Crippen molar-refractivity contribution >= 4 is 27.5 Å². The molecule has 0 bridgehead atoms. The molecule has 29 heavy (non-hydrogen) atoms. The summed E-state index contributed by atoms with van der Waals surface area (Å²) in [4.78, 5) is 12.4. The van der Waals surface area contributed by atoms with Crippen LogP contribution in [0.5, 0.6) is 5.75 Å². The van der Waals surface area contributed by atoms with Crippen molar-refractivity contribution in [1.82, 2.24) is 9.62 Å². The third kappa shape index (κ3) is 6.73. The van der Waals surface area contributed by atoms with Crippen molar-refractivity contribution < 1.29 is 17.9 Å². The third-order valence-corrected chi connectivity index (χ3v) is 6.36. The number of sulfonamides is 1. The lowest BCUT2D eigenvalue weighted by Gasteiger charge is -2.23. The van der Waals surface area contributed by atoms with Gasteiger partial charge in [-0.15, -0.1) is 0 Å². The lowest BCUT2D eigenvalue weighted by Crippen LogP contribution is -2.40. The molecule has 0 radical (unpaired) electrons. The van der Waals surface area contributed by atoms with Crippen molar-refractivity contribution in [3.05, 3.63) is 59.1 Å². The summed E-state index contributed by atoms with van der Waals surface area (Å²) in [5.41, 5.74) is 0.770. The van der Waals surface area contributed by atoms with Crippen LogP contribution in [-0.2, 0) is 21.4 Å². The molecule has 0 aliphatic rings. The first-order chi connectivity index (χ1) is 13.7. The standard InChI is InChI=1S/C21H27ClN2O4S/c1-16(2)11-12-23-21(25)15-24(14-17-7-5-4-6-8-17)29(26,27)20-13-18(22)9-10-19(20)28-3/h4-10,13,16H,11-12,14-15H2,1-3H3,(H,23,25). The van der Waals surface area contributed by atoms with Gasteiger partial charge >= 0.3 is 0 Å². The molecule has 0 atom stereocenters. The second-order valence-corrected chi connectivity index (χ2v) is 9.43. The highest BCUT2D eigenvalue weighted by atomic mass is 35.5. The van der Waals surface area contributed by atoms with E-state index < -0.39 is 10.0 Å². The van der Waals surface area contributed by atoms with Gasteiger partial charge < -0.3 is 10.1 Å². The number of rotatable bonds is 10. The first kappa shape index (κ1) is 23.2. The van der Waals surface area contributed by atoms with Crippen LogP contribution in [0.1, 0.15) is 25.8 Å². The number of carbonyl (C=O) groups excluding carboxylic acids is 1. The fourth-order valence-corrected chi connectivity index (χ4v) is 4.52. The predicted molar refractivity (Wildman–Crippen MR) is 115 cm³/mol. The highest BCUT2D eigenvalue weighted by Crippen LogP contribution is 2.30. The fourth-order valence-electron chi connectivity index (χ4n) is 2.72. The second-order valence-electron chi connectivity index (χ2n) is 7.09. The van der Waals surface area contributed by atoms with Gasteiger partial charge in [-0.1, -0.05) is 55.8 Å². The molecule has 0 aromatic heterocycles. The molecule has 1 N–H and O–H groups in total. The highest BCUT2D eigenvalue weighted by Gasteiger charge is 2.30. The molecule has 0 saturated heterocycles. The van der Waals surface area contributed by atoms with Gasteiger partial charge in [-0.2, -0.15) is 4.31 Å². The monoisotopic (exact) mass is 438 g/mol. The maximum atomic E-state index is 13.4.